The van der Waals surface area contributed by atoms with Gasteiger partial charge in [0.25, 0.3) is 0 Å². The molecule has 1 aliphatic rings. The van der Waals surface area contributed by atoms with E-state index in [9.17, 15) is 4.79 Å². The summed E-state index contributed by atoms with van der Waals surface area (Å²) in [7, 11) is 0. The lowest BCUT2D eigenvalue weighted by Gasteiger charge is -2.37. The summed E-state index contributed by atoms with van der Waals surface area (Å²) in [5, 5.41) is 9.16. The third-order valence-corrected chi connectivity index (χ3v) is 3.24. The van der Waals surface area contributed by atoms with Crippen molar-refractivity contribution < 1.29 is 9.90 Å². The van der Waals surface area contributed by atoms with Gasteiger partial charge in [-0.2, -0.15) is 0 Å². The molecule has 17 heavy (non-hydrogen) atoms. The molecule has 1 aromatic rings. The molecule has 1 fully saturated rings. The van der Waals surface area contributed by atoms with E-state index >= 15 is 0 Å². The molecule has 0 amide bonds. The summed E-state index contributed by atoms with van der Waals surface area (Å²) in [6.07, 6.45) is 4.30. The van der Waals surface area contributed by atoms with E-state index in [0.29, 0.717) is 17.4 Å². The maximum atomic E-state index is 11.2. The number of piperidine rings is 1. The molecule has 92 valence electrons. The van der Waals surface area contributed by atoms with Crippen molar-refractivity contribution in [3.63, 3.8) is 0 Å². The van der Waals surface area contributed by atoms with Crippen molar-refractivity contribution in [3.8, 4) is 0 Å². The molecule has 0 aliphatic carbocycles. The Kier molecular flexibility index (Phi) is 3.31. The average Bonchev–Trinajstić information content (AvgIpc) is 2.27. The van der Waals surface area contributed by atoms with Crippen LogP contribution >= 0.6 is 0 Å². The first-order valence-corrected chi connectivity index (χ1v) is 6.00. The molecule has 0 spiro atoms. The van der Waals surface area contributed by atoms with Gasteiger partial charge < -0.3 is 10.0 Å². The number of anilines is 1. The van der Waals surface area contributed by atoms with Crippen LogP contribution in [0, 0.1) is 11.8 Å². The lowest BCUT2D eigenvalue weighted by molar-refractivity contribution is 0.0697. The molecule has 0 saturated carbocycles. The molecule has 1 aromatic heterocycles. The molecule has 0 aromatic carbocycles. The fourth-order valence-corrected chi connectivity index (χ4v) is 2.69. The summed E-state index contributed by atoms with van der Waals surface area (Å²) >= 11 is 0. The van der Waals surface area contributed by atoms with Crippen LogP contribution in [0.15, 0.2) is 18.5 Å². The minimum atomic E-state index is -0.904. The lowest BCUT2D eigenvalue weighted by atomic mass is 9.91. The first kappa shape index (κ1) is 11.9. The Morgan fingerprint density at radius 3 is 2.65 bits per heavy atom. The van der Waals surface area contributed by atoms with Crippen LogP contribution in [0.1, 0.15) is 30.6 Å². The SMILES string of the molecule is CC1CC(C)CN(c2ccncc2C(=O)O)C1. The molecule has 1 saturated heterocycles. The number of aromatic carboxylic acids is 1. The van der Waals surface area contributed by atoms with Crippen molar-refractivity contribution in [2.45, 2.75) is 20.3 Å². The van der Waals surface area contributed by atoms with Crippen LogP contribution in [-0.2, 0) is 0 Å². The summed E-state index contributed by atoms with van der Waals surface area (Å²) < 4.78 is 0. The number of hydrogen-bond acceptors (Lipinski definition) is 3. The summed E-state index contributed by atoms with van der Waals surface area (Å²) in [5.74, 6) is 0.307. The van der Waals surface area contributed by atoms with Crippen LogP contribution in [-0.4, -0.2) is 29.1 Å². The van der Waals surface area contributed by atoms with E-state index in [1.54, 1.807) is 12.3 Å². The fourth-order valence-electron chi connectivity index (χ4n) is 2.69. The fraction of sp³-hybridized carbons (Fsp3) is 0.538. The maximum Gasteiger partial charge on any atom is 0.339 e. The van der Waals surface area contributed by atoms with Gasteiger partial charge in [0, 0.05) is 25.5 Å². The van der Waals surface area contributed by atoms with Gasteiger partial charge in [0.1, 0.15) is 5.56 Å². The number of pyridine rings is 1. The zero-order chi connectivity index (χ0) is 12.4. The number of carboxylic acid groups (broad SMARTS) is 1. The Morgan fingerprint density at radius 1 is 1.41 bits per heavy atom. The monoisotopic (exact) mass is 234 g/mol. The second-order valence-corrected chi connectivity index (χ2v) is 5.05. The van der Waals surface area contributed by atoms with E-state index in [1.807, 2.05) is 0 Å². The van der Waals surface area contributed by atoms with Crippen molar-refractivity contribution >= 4 is 11.7 Å². The van der Waals surface area contributed by atoms with Crippen LogP contribution in [0.2, 0.25) is 0 Å². The largest absolute Gasteiger partial charge is 0.478 e. The minimum Gasteiger partial charge on any atom is -0.478 e. The number of nitrogens with zero attached hydrogens (tertiary/aromatic N) is 2. The normalized spacial score (nSPS) is 24.7. The van der Waals surface area contributed by atoms with Crippen molar-refractivity contribution in [2.24, 2.45) is 11.8 Å². The zero-order valence-electron chi connectivity index (χ0n) is 10.3. The van der Waals surface area contributed by atoms with Gasteiger partial charge in [-0.05, 0) is 24.3 Å². The highest BCUT2D eigenvalue weighted by atomic mass is 16.4. The number of rotatable bonds is 2. The molecule has 0 radical (unpaired) electrons. The molecule has 4 nitrogen and oxygen atoms in total. The number of aromatic nitrogens is 1. The van der Waals surface area contributed by atoms with Crippen molar-refractivity contribution in [3.05, 3.63) is 24.0 Å². The molecule has 2 heterocycles. The second-order valence-electron chi connectivity index (χ2n) is 5.05. The van der Waals surface area contributed by atoms with E-state index in [0.717, 1.165) is 18.8 Å². The Morgan fingerprint density at radius 2 is 2.06 bits per heavy atom. The summed E-state index contributed by atoms with van der Waals surface area (Å²) in [4.78, 5) is 17.2. The predicted octanol–water partition coefficient (Wildman–Crippen LogP) is 2.26. The van der Waals surface area contributed by atoms with Gasteiger partial charge in [0.15, 0.2) is 0 Å². The van der Waals surface area contributed by atoms with Gasteiger partial charge in [-0.1, -0.05) is 13.8 Å². The van der Waals surface area contributed by atoms with E-state index in [4.69, 9.17) is 5.11 Å². The highest BCUT2D eigenvalue weighted by Gasteiger charge is 2.24. The van der Waals surface area contributed by atoms with Gasteiger partial charge in [-0.3, -0.25) is 4.98 Å². The number of carbonyl (C=O) groups is 1. The smallest absolute Gasteiger partial charge is 0.339 e. The standard InChI is InChI=1S/C13H18N2O2/c1-9-5-10(2)8-15(7-9)12-3-4-14-6-11(12)13(16)17/h3-4,6,9-10H,5,7-8H2,1-2H3,(H,16,17). The van der Waals surface area contributed by atoms with Crippen LogP contribution in [0.25, 0.3) is 0 Å². The van der Waals surface area contributed by atoms with Gasteiger partial charge in [-0.25, -0.2) is 4.79 Å². The van der Waals surface area contributed by atoms with Crippen LogP contribution in [0.5, 0.6) is 0 Å². The quantitative estimate of drug-likeness (QED) is 0.852. The lowest BCUT2D eigenvalue weighted by Crippen LogP contribution is -2.39. The molecule has 2 atom stereocenters. The molecule has 1 N–H and O–H groups in total. The zero-order valence-corrected chi connectivity index (χ0v) is 10.3. The van der Waals surface area contributed by atoms with Gasteiger partial charge >= 0.3 is 5.97 Å². The van der Waals surface area contributed by atoms with E-state index in [-0.39, 0.29) is 0 Å². The molecule has 1 aliphatic heterocycles. The second kappa shape index (κ2) is 4.73. The van der Waals surface area contributed by atoms with Gasteiger partial charge in [0.05, 0.1) is 5.69 Å². The Bertz CT molecular complexity index is 410. The highest BCUT2D eigenvalue weighted by molar-refractivity contribution is 5.94. The molecular weight excluding hydrogens is 216 g/mol. The average molecular weight is 234 g/mol. The molecule has 2 unspecified atom stereocenters. The Balaban J connectivity index is 2.30. The molecule has 4 heteroatoms. The van der Waals surface area contributed by atoms with Gasteiger partial charge in [0.2, 0.25) is 0 Å². The molecular formula is C13H18N2O2. The van der Waals surface area contributed by atoms with Crippen molar-refractivity contribution in [2.75, 3.05) is 18.0 Å². The number of carboxylic acids is 1. The van der Waals surface area contributed by atoms with E-state index in [1.165, 1.54) is 12.6 Å². The van der Waals surface area contributed by atoms with Crippen molar-refractivity contribution in [1.82, 2.24) is 4.98 Å². The third kappa shape index (κ3) is 2.57. The van der Waals surface area contributed by atoms with Crippen molar-refractivity contribution in [1.29, 1.82) is 0 Å². The summed E-state index contributed by atoms with van der Waals surface area (Å²) in [6.45, 7) is 6.28. The Hall–Kier alpha value is -1.58. The first-order valence-electron chi connectivity index (χ1n) is 6.00. The topological polar surface area (TPSA) is 53.4 Å². The van der Waals surface area contributed by atoms with Crippen LogP contribution < -0.4 is 4.90 Å². The van der Waals surface area contributed by atoms with Crippen LogP contribution in [0.4, 0.5) is 5.69 Å². The summed E-state index contributed by atoms with van der Waals surface area (Å²) in [6, 6.07) is 1.80. The van der Waals surface area contributed by atoms with E-state index < -0.39 is 5.97 Å². The summed E-state index contributed by atoms with van der Waals surface area (Å²) in [5.41, 5.74) is 1.10. The molecule has 0 bridgehead atoms. The minimum absolute atomic E-state index is 0.300. The van der Waals surface area contributed by atoms with Gasteiger partial charge in [-0.15, -0.1) is 0 Å². The number of hydrogen-bond donors (Lipinski definition) is 1. The highest BCUT2D eigenvalue weighted by Crippen LogP contribution is 2.28. The maximum absolute atomic E-state index is 11.2. The Labute approximate surface area is 101 Å². The predicted molar refractivity (Wildman–Crippen MR) is 66.4 cm³/mol. The first-order chi connectivity index (χ1) is 8.08. The third-order valence-electron chi connectivity index (χ3n) is 3.24. The van der Waals surface area contributed by atoms with Crippen LogP contribution in [0.3, 0.4) is 0 Å². The van der Waals surface area contributed by atoms with E-state index in [2.05, 4.69) is 23.7 Å². The molecule has 2 rings (SSSR count).